The molecule has 1 rings (SSSR count). The number of thioether (sulfide) groups is 1. The molecule has 0 radical (unpaired) electrons. The molecule has 0 aromatic heterocycles. The van der Waals surface area contributed by atoms with Gasteiger partial charge in [0.15, 0.2) is 0 Å². The molecule has 0 spiro atoms. The third-order valence-corrected chi connectivity index (χ3v) is 4.45. The zero-order valence-electron chi connectivity index (χ0n) is 11.7. The van der Waals surface area contributed by atoms with E-state index in [1.165, 1.54) is 0 Å². The average Bonchev–Trinajstić information content (AvgIpc) is 2.19. The molecule has 1 atom stereocenters. The summed E-state index contributed by atoms with van der Waals surface area (Å²) in [6, 6.07) is 0.268. The molecule has 1 amide bonds. The van der Waals surface area contributed by atoms with Crippen LogP contribution in [-0.4, -0.2) is 41.7 Å². The molecule has 0 aliphatic carbocycles. The summed E-state index contributed by atoms with van der Waals surface area (Å²) in [6.07, 6.45) is 2.96. The fraction of sp³-hybridized carbons (Fsp3) is 0.923. The second-order valence-electron chi connectivity index (χ2n) is 5.48. The highest BCUT2D eigenvalue weighted by atomic mass is 32.2. The summed E-state index contributed by atoms with van der Waals surface area (Å²) in [5.41, 5.74) is 4.92. The minimum absolute atomic E-state index is 0.253. The Labute approximate surface area is 114 Å². The minimum Gasteiger partial charge on any atom is -0.379 e. The summed E-state index contributed by atoms with van der Waals surface area (Å²) in [7, 11) is 0. The summed E-state index contributed by atoms with van der Waals surface area (Å²) in [4.78, 5) is 11.5. The number of amides is 1. The van der Waals surface area contributed by atoms with Gasteiger partial charge in [0.2, 0.25) is 5.91 Å². The van der Waals surface area contributed by atoms with E-state index >= 15 is 0 Å². The van der Waals surface area contributed by atoms with Crippen molar-refractivity contribution in [2.75, 3.05) is 19.0 Å². The lowest BCUT2D eigenvalue weighted by atomic mass is 9.93. The Kier molecular flexibility index (Phi) is 6.46. The molecule has 1 aliphatic heterocycles. The van der Waals surface area contributed by atoms with Crippen LogP contribution >= 0.6 is 11.8 Å². The SMILES string of the molecule is CC(C)NC(C)(CCCCSC1COC1)C(N)=O. The molecule has 0 bridgehead atoms. The standard InChI is InChI=1S/C13H26N2O2S/c1-10(2)15-13(3,12(14)16)6-4-5-7-18-11-8-17-9-11/h10-11,15H,4-9H2,1-3H3,(H2,14,16). The van der Waals surface area contributed by atoms with Crippen LogP contribution in [-0.2, 0) is 9.53 Å². The highest BCUT2D eigenvalue weighted by Crippen LogP contribution is 2.22. The zero-order chi connectivity index (χ0) is 13.6. The van der Waals surface area contributed by atoms with Gasteiger partial charge in [-0.15, -0.1) is 0 Å². The van der Waals surface area contributed by atoms with E-state index in [1.807, 2.05) is 32.5 Å². The first-order valence-corrected chi connectivity index (χ1v) is 7.76. The quantitative estimate of drug-likeness (QED) is 0.626. The number of carbonyl (C=O) groups excluding carboxylic acids is 1. The number of rotatable bonds is 9. The molecule has 5 heteroatoms. The molecular weight excluding hydrogens is 248 g/mol. The minimum atomic E-state index is -0.571. The highest BCUT2D eigenvalue weighted by Gasteiger charge is 2.30. The second-order valence-corrected chi connectivity index (χ2v) is 6.89. The Morgan fingerprint density at radius 1 is 1.50 bits per heavy atom. The van der Waals surface area contributed by atoms with Gasteiger partial charge in [0.1, 0.15) is 0 Å². The Bertz CT molecular complexity index is 270. The van der Waals surface area contributed by atoms with E-state index in [0.29, 0.717) is 5.25 Å². The van der Waals surface area contributed by atoms with E-state index in [4.69, 9.17) is 10.5 Å². The van der Waals surface area contributed by atoms with Crippen LogP contribution in [0.4, 0.5) is 0 Å². The van der Waals surface area contributed by atoms with Gasteiger partial charge in [-0.1, -0.05) is 6.42 Å². The van der Waals surface area contributed by atoms with Crippen molar-refractivity contribution in [3.63, 3.8) is 0 Å². The van der Waals surface area contributed by atoms with E-state index in [-0.39, 0.29) is 11.9 Å². The van der Waals surface area contributed by atoms with Crippen molar-refractivity contribution in [3.05, 3.63) is 0 Å². The Morgan fingerprint density at radius 2 is 2.17 bits per heavy atom. The van der Waals surface area contributed by atoms with Gasteiger partial charge in [-0.25, -0.2) is 0 Å². The number of carbonyl (C=O) groups is 1. The molecule has 1 fully saturated rings. The molecule has 0 aromatic carbocycles. The average molecular weight is 274 g/mol. The second kappa shape index (κ2) is 7.36. The van der Waals surface area contributed by atoms with Crippen LogP contribution in [0.15, 0.2) is 0 Å². The predicted octanol–water partition coefficient (Wildman–Crippen LogP) is 1.53. The molecule has 1 aliphatic rings. The number of unbranched alkanes of at least 4 members (excludes halogenated alkanes) is 1. The first kappa shape index (κ1) is 15.8. The third kappa shape index (κ3) is 5.16. The summed E-state index contributed by atoms with van der Waals surface area (Å²) < 4.78 is 5.13. The van der Waals surface area contributed by atoms with Crippen molar-refractivity contribution in [2.45, 2.75) is 56.9 Å². The van der Waals surface area contributed by atoms with Crippen LogP contribution < -0.4 is 11.1 Å². The maximum absolute atomic E-state index is 11.5. The maximum Gasteiger partial charge on any atom is 0.237 e. The third-order valence-electron chi connectivity index (χ3n) is 3.18. The van der Waals surface area contributed by atoms with E-state index in [9.17, 15) is 4.79 Å². The number of ether oxygens (including phenoxy) is 1. The lowest BCUT2D eigenvalue weighted by molar-refractivity contribution is -0.124. The van der Waals surface area contributed by atoms with Crippen LogP contribution in [0.3, 0.4) is 0 Å². The van der Waals surface area contributed by atoms with E-state index in [2.05, 4.69) is 5.32 Å². The number of nitrogens with two attached hydrogens (primary N) is 1. The molecular formula is C13H26N2O2S. The molecule has 18 heavy (non-hydrogen) atoms. The van der Waals surface area contributed by atoms with Crippen molar-refractivity contribution in [2.24, 2.45) is 5.73 Å². The van der Waals surface area contributed by atoms with E-state index in [1.54, 1.807) is 0 Å². The molecule has 0 saturated carbocycles. The van der Waals surface area contributed by atoms with Crippen LogP contribution in [0.2, 0.25) is 0 Å². The normalized spacial score (nSPS) is 19.6. The molecule has 106 valence electrons. The summed E-state index contributed by atoms with van der Waals surface area (Å²) in [5.74, 6) is 0.890. The van der Waals surface area contributed by atoms with Crippen molar-refractivity contribution in [1.29, 1.82) is 0 Å². The first-order valence-electron chi connectivity index (χ1n) is 6.71. The maximum atomic E-state index is 11.5. The van der Waals surface area contributed by atoms with Crippen LogP contribution in [0.1, 0.15) is 40.0 Å². The van der Waals surface area contributed by atoms with Crippen molar-refractivity contribution in [1.82, 2.24) is 5.32 Å². The largest absolute Gasteiger partial charge is 0.379 e. The Hall–Kier alpha value is -0.260. The number of hydrogen-bond donors (Lipinski definition) is 2. The molecule has 3 N–H and O–H groups in total. The van der Waals surface area contributed by atoms with Crippen LogP contribution in [0, 0.1) is 0 Å². The first-order chi connectivity index (χ1) is 8.44. The summed E-state index contributed by atoms with van der Waals surface area (Å²) in [6.45, 7) is 7.78. The fourth-order valence-electron chi connectivity index (χ4n) is 2.04. The van der Waals surface area contributed by atoms with Gasteiger partial charge >= 0.3 is 0 Å². The van der Waals surface area contributed by atoms with E-state index in [0.717, 1.165) is 38.2 Å². The number of primary amides is 1. The fourth-order valence-corrected chi connectivity index (χ4v) is 3.13. The monoisotopic (exact) mass is 274 g/mol. The summed E-state index contributed by atoms with van der Waals surface area (Å²) >= 11 is 1.97. The van der Waals surface area contributed by atoms with Crippen molar-refractivity contribution in [3.8, 4) is 0 Å². The van der Waals surface area contributed by atoms with Crippen molar-refractivity contribution < 1.29 is 9.53 Å². The molecule has 4 nitrogen and oxygen atoms in total. The molecule has 1 unspecified atom stereocenters. The molecule has 0 aromatic rings. The van der Waals surface area contributed by atoms with Gasteiger partial charge in [-0.2, -0.15) is 11.8 Å². The van der Waals surface area contributed by atoms with Gasteiger partial charge < -0.3 is 15.8 Å². The lowest BCUT2D eigenvalue weighted by Gasteiger charge is -2.30. The lowest BCUT2D eigenvalue weighted by Crippen LogP contribution is -2.55. The highest BCUT2D eigenvalue weighted by molar-refractivity contribution is 8.00. The van der Waals surface area contributed by atoms with Gasteiger partial charge in [0, 0.05) is 6.04 Å². The van der Waals surface area contributed by atoms with Gasteiger partial charge in [-0.3, -0.25) is 4.79 Å². The van der Waals surface area contributed by atoms with Crippen LogP contribution in [0.5, 0.6) is 0 Å². The summed E-state index contributed by atoms with van der Waals surface area (Å²) in [5, 5.41) is 3.97. The number of nitrogens with one attached hydrogen (secondary N) is 1. The number of hydrogen-bond acceptors (Lipinski definition) is 4. The van der Waals surface area contributed by atoms with Crippen molar-refractivity contribution >= 4 is 17.7 Å². The smallest absolute Gasteiger partial charge is 0.237 e. The predicted molar refractivity (Wildman–Crippen MR) is 76.8 cm³/mol. The van der Waals surface area contributed by atoms with Gasteiger partial charge in [-0.05, 0) is 39.4 Å². The van der Waals surface area contributed by atoms with E-state index < -0.39 is 5.54 Å². The Morgan fingerprint density at radius 3 is 2.61 bits per heavy atom. The zero-order valence-corrected chi connectivity index (χ0v) is 12.5. The van der Waals surface area contributed by atoms with Crippen LogP contribution in [0.25, 0.3) is 0 Å². The van der Waals surface area contributed by atoms with Gasteiger partial charge in [0.25, 0.3) is 0 Å². The topological polar surface area (TPSA) is 64.3 Å². The molecule has 1 heterocycles. The molecule has 1 saturated heterocycles. The van der Waals surface area contributed by atoms with Gasteiger partial charge in [0.05, 0.1) is 24.0 Å². The Balaban J connectivity index is 2.18.